The number of likely N-dealkylation sites (tertiary alicyclic amines) is 1. The van der Waals surface area contributed by atoms with Crippen molar-refractivity contribution < 1.29 is 42.1 Å². The van der Waals surface area contributed by atoms with Crippen molar-refractivity contribution in [1.29, 1.82) is 0 Å². The predicted octanol–water partition coefficient (Wildman–Crippen LogP) is 8.87. The van der Waals surface area contributed by atoms with E-state index in [2.05, 4.69) is 61.1 Å². The molecule has 4 N–H and O–H groups in total. The lowest BCUT2D eigenvalue weighted by atomic mass is 9.72. The minimum Gasteiger partial charge on any atom is -0.455 e. The van der Waals surface area contributed by atoms with Gasteiger partial charge in [0.15, 0.2) is 0 Å². The van der Waals surface area contributed by atoms with Gasteiger partial charge in [-0.3, -0.25) is 44.3 Å². The van der Waals surface area contributed by atoms with Crippen molar-refractivity contribution in [3.05, 3.63) is 152 Å². The molecule has 2 unspecified atom stereocenters. The number of benzene rings is 4. The van der Waals surface area contributed by atoms with E-state index in [0.717, 1.165) is 73.6 Å². The van der Waals surface area contributed by atoms with Crippen LogP contribution in [0.1, 0.15) is 103 Å². The van der Waals surface area contributed by atoms with Crippen LogP contribution in [0.3, 0.4) is 0 Å². The highest BCUT2D eigenvalue weighted by Gasteiger charge is 2.40. The van der Waals surface area contributed by atoms with E-state index in [1.54, 1.807) is 41.4 Å². The number of rotatable bonds is 17. The first-order valence-corrected chi connectivity index (χ1v) is 30.0. The molecule has 3 fully saturated rings. The predicted molar refractivity (Wildman–Crippen MR) is 314 cm³/mol. The van der Waals surface area contributed by atoms with E-state index >= 15 is 0 Å². The van der Waals surface area contributed by atoms with E-state index < -0.39 is 43.4 Å². The molecule has 0 radical (unpaired) electrons. The second-order valence-electron chi connectivity index (χ2n) is 23.0. The van der Waals surface area contributed by atoms with Gasteiger partial charge in [-0.1, -0.05) is 55.3 Å². The van der Waals surface area contributed by atoms with Crippen LogP contribution in [0.15, 0.2) is 114 Å². The topological polar surface area (TPSA) is 250 Å². The summed E-state index contributed by atoms with van der Waals surface area (Å²) in [7, 11) is -4.69. The van der Waals surface area contributed by atoms with Gasteiger partial charge in [-0.25, -0.2) is 18.1 Å². The number of fused-ring (bicyclic) bond motifs is 2. The number of hydrogen-bond acceptors (Lipinski definition) is 14. The molecule has 20 nitrogen and oxygen atoms in total. The third-order valence-electron chi connectivity index (χ3n) is 16.8. The monoisotopic (exact) mass is 1160 g/mol. The summed E-state index contributed by atoms with van der Waals surface area (Å²) in [5, 5.41) is 19.4. The number of carbonyl (C=O) groups excluding carboxylic acids is 5. The molecule has 1 aliphatic carbocycles. The van der Waals surface area contributed by atoms with Crippen LogP contribution >= 0.6 is 11.6 Å². The Labute approximate surface area is 485 Å². The van der Waals surface area contributed by atoms with Crippen LogP contribution in [0.4, 0.5) is 17.1 Å². The second-order valence-corrected chi connectivity index (χ2v) is 25.1. The quantitative estimate of drug-likeness (QED) is 0.0378. The molecule has 2 atom stereocenters. The number of hydrogen-bond donors (Lipinski definition) is 4. The Morgan fingerprint density at radius 1 is 0.940 bits per heavy atom. The Balaban J connectivity index is 0.732. The van der Waals surface area contributed by atoms with Crippen LogP contribution in [0.2, 0.25) is 5.02 Å². The molecule has 4 aromatic carbocycles. The summed E-state index contributed by atoms with van der Waals surface area (Å²) in [5.41, 5.74) is 7.19. The van der Waals surface area contributed by atoms with Crippen molar-refractivity contribution in [2.45, 2.75) is 89.1 Å². The molecule has 2 aromatic heterocycles. The maximum Gasteiger partial charge on any atom is 0.293 e. The average molecular weight is 1170 g/mol. The maximum absolute atomic E-state index is 14.2. The van der Waals surface area contributed by atoms with Gasteiger partial charge in [0.1, 0.15) is 28.9 Å². The standard InChI is InChI=1S/C61H65ClN10O10S/c1-61(2)22-20-42(49(32-61)40-8-11-43(62)12-9-40)36-68-25-27-69(28-26-68)44-13-15-48(54(30-44)82-45-29-41-21-23-63-57(41)65-34-45)58(75)67-83(80,81)46-14-16-51(53(31-46)72(78)79)64-33-38-5-4-24-70(35-38)56(74)19-10-39-6-3-7-47-50(39)37-71(60(47)77)52-17-18-55(73)66-59(52)76/h3,6-9,11-16,21,23,29-31,34,38,52,64H,4-5,10,17-20,22,24-28,32-33,35-37H2,1-2H3,(H,63,65)(H,67,75)(H,66,73,76). The third kappa shape index (κ3) is 12.6. The fraction of sp³-hybridized carbons (Fsp3) is 0.377. The van der Waals surface area contributed by atoms with E-state index in [-0.39, 0.29) is 78.4 Å². The van der Waals surface area contributed by atoms with Crippen LogP contribution < -0.4 is 25.0 Å². The van der Waals surface area contributed by atoms with Crippen LogP contribution in [0.5, 0.6) is 11.5 Å². The lowest BCUT2D eigenvalue weighted by Gasteiger charge is -2.39. The number of piperazine rings is 1. The van der Waals surface area contributed by atoms with Gasteiger partial charge < -0.3 is 29.7 Å². The molecular formula is C61H65ClN10O10S. The van der Waals surface area contributed by atoms with Gasteiger partial charge >= 0.3 is 0 Å². The number of allylic oxidation sites excluding steroid dienone is 1. The number of halogens is 1. The first-order valence-electron chi connectivity index (χ1n) is 28.2. The molecule has 22 heteroatoms. The summed E-state index contributed by atoms with van der Waals surface area (Å²) in [6, 6.07) is 24.7. The maximum atomic E-state index is 14.2. The van der Waals surface area contributed by atoms with Crippen LogP contribution in [-0.4, -0.2) is 126 Å². The number of aromatic amines is 1. The summed E-state index contributed by atoms with van der Waals surface area (Å²) in [6.45, 7) is 9.83. The number of nitrogens with one attached hydrogen (secondary N) is 4. The zero-order chi connectivity index (χ0) is 58.2. The number of nitro benzene ring substituents is 1. The molecule has 5 aliphatic rings. The van der Waals surface area contributed by atoms with Crippen molar-refractivity contribution in [3.63, 3.8) is 0 Å². The largest absolute Gasteiger partial charge is 0.455 e. The lowest BCUT2D eigenvalue weighted by molar-refractivity contribution is -0.384. The van der Waals surface area contributed by atoms with Gasteiger partial charge in [0.25, 0.3) is 27.5 Å². The van der Waals surface area contributed by atoms with Crippen molar-refractivity contribution in [1.82, 2.24) is 34.7 Å². The molecule has 5 amide bonds. The zero-order valence-electron chi connectivity index (χ0n) is 46.2. The number of ether oxygens (including phenoxy) is 1. The molecule has 6 heterocycles. The Morgan fingerprint density at radius 2 is 1.75 bits per heavy atom. The van der Waals surface area contributed by atoms with Crippen molar-refractivity contribution in [2.24, 2.45) is 11.3 Å². The number of piperidine rings is 2. The van der Waals surface area contributed by atoms with E-state index in [1.165, 1.54) is 46.0 Å². The van der Waals surface area contributed by atoms with Crippen LogP contribution in [0.25, 0.3) is 16.6 Å². The van der Waals surface area contributed by atoms with Crippen LogP contribution in [-0.2, 0) is 37.4 Å². The number of aryl methyl sites for hydroxylation is 1. The smallest absolute Gasteiger partial charge is 0.293 e. The molecule has 4 aliphatic heterocycles. The Kier molecular flexibility index (Phi) is 16.1. The van der Waals surface area contributed by atoms with Crippen molar-refractivity contribution in [2.75, 3.05) is 62.6 Å². The fourth-order valence-electron chi connectivity index (χ4n) is 12.2. The number of sulfonamides is 1. The number of aromatic nitrogens is 2. The third-order valence-corrected chi connectivity index (χ3v) is 18.4. The molecular weight excluding hydrogens is 1100 g/mol. The fourth-order valence-corrected chi connectivity index (χ4v) is 13.3. The molecule has 432 valence electrons. The van der Waals surface area contributed by atoms with E-state index in [0.29, 0.717) is 61.0 Å². The SMILES string of the molecule is CC1(C)CCC(CN2CCN(c3ccc(C(=O)NS(=O)(=O)c4ccc(NCC5CCCN(C(=O)CCc6cccc7c6CN(C6CCC(=O)NC6=O)C7=O)C5)c([N+](=O)[O-])c4)c(Oc4cnc5[nH]ccc5c4)c3)CC2)=C(c2ccc(Cl)cc2)C1. The Bertz CT molecular complexity index is 3710. The number of nitro groups is 1. The minimum atomic E-state index is -4.69. The molecule has 0 saturated carbocycles. The zero-order valence-corrected chi connectivity index (χ0v) is 47.8. The molecule has 0 spiro atoms. The first-order chi connectivity index (χ1) is 39.8. The number of nitrogens with zero attached hydrogens (tertiary/aromatic N) is 6. The lowest BCUT2D eigenvalue weighted by Crippen LogP contribution is -2.52. The number of amides is 5. The summed E-state index contributed by atoms with van der Waals surface area (Å²) < 4.78 is 36.5. The average Bonchev–Trinajstić information content (AvgIpc) is 4.02. The van der Waals surface area contributed by atoms with Gasteiger partial charge in [0.05, 0.1) is 21.6 Å². The Hall–Kier alpha value is -8.14. The molecule has 0 bridgehead atoms. The van der Waals surface area contributed by atoms with Gasteiger partial charge in [0.2, 0.25) is 17.7 Å². The van der Waals surface area contributed by atoms with Gasteiger partial charge in [-0.15, -0.1) is 0 Å². The number of H-pyrrole nitrogens is 1. The van der Waals surface area contributed by atoms with Gasteiger partial charge in [-0.05, 0) is 133 Å². The normalized spacial score (nSPS) is 19.4. The minimum absolute atomic E-state index is 0.0699. The van der Waals surface area contributed by atoms with Gasteiger partial charge in [-0.2, -0.15) is 0 Å². The summed E-state index contributed by atoms with van der Waals surface area (Å²) in [6.07, 6.45) is 8.74. The highest BCUT2D eigenvalue weighted by atomic mass is 35.5. The van der Waals surface area contributed by atoms with Gasteiger partial charge in [0, 0.05) is 112 Å². The number of anilines is 2. The molecule has 6 aromatic rings. The summed E-state index contributed by atoms with van der Waals surface area (Å²) in [4.78, 5) is 92.3. The number of pyridine rings is 1. The van der Waals surface area contributed by atoms with Crippen molar-refractivity contribution in [3.8, 4) is 11.5 Å². The van der Waals surface area contributed by atoms with Crippen molar-refractivity contribution >= 4 is 84.8 Å². The van der Waals surface area contributed by atoms with E-state index in [4.69, 9.17) is 16.3 Å². The van der Waals surface area contributed by atoms with Crippen LogP contribution in [0, 0.1) is 21.4 Å². The number of imide groups is 1. The molecule has 83 heavy (non-hydrogen) atoms. The molecule has 11 rings (SSSR count). The molecule has 3 saturated heterocycles. The summed E-state index contributed by atoms with van der Waals surface area (Å²) >= 11 is 6.27. The summed E-state index contributed by atoms with van der Waals surface area (Å²) in [5.74, 6) is -1.92. The van der Waals surface area contributed by atoms with E-state index in [1.807, 2.05) is 24.3 Å². The van der Waals surface area contributed by atoms with E-state index in [9.17, 15) is 42.5 Å². The first kappa shape index (κ1) is 56.7. The number of carbonyl (C=O) groups is 5. The Morgan fingerprint density at radius 3 is 2.53 bits per heavy atom. The second kappa shape index (κ2) is 23.6. The highest BCUT2D eigenvalue weighted by Crippen LogP contribution is 2.44. The highest BCUT2D eigenvalue weighted by molar-refractivity contribution is 7.90.